The molecule has 1 unspecified atom stereocenters. The van der Waals surface area contributed by atoms with Gasteiger partial charge in [-0.25, -0.2) is 4.98 Å². The number of pyridine rings is 2. The Kier molecular flexibility index (Phi) is 3.75. The third kappa shape index (κ3) is 2.68. The summed E-state index contributed by atoms with van der Waals surface area (Å²) >= 11 is 0. The van der Waals surface area contributed by atoms with Crippen molar-refractivity contribution in [3.05, 3.63) is 54.7 Å². The highest BCUT2D eigenvalue weighted by atomic mass is 16.5. The van der Waals surface area contributed by atoms with Crippen LogP contribution in [0.15, 0.2) is 54.7 Å². The average Bonchev–Trinajstić information content (AvgIpc) is 3.35. The van der Waals surface area contributed by atoms with Crippen LogP contribution < -0.4 is 10.1 Å². The van der Waals surface area contributed by atoms with E-state index >= 15 is 0 Å². The Balaban J connectivity index is 1.54. The molecule has 3 aromatic heterocycles. The lowest BCUT2D eigenvalue weighted by molar-refractivity contribution is 0.262. The molecule has 4 heterocycles. The highest BCUT2D eigenvalue weighted by Gasteiger charge is 2.16. The van der Waals surface area contributed by atoms with Crippen LogP contribution >= 0.6 is 0 Å². The van der Waals surface area contributed by atoms with Crippen LogP contribution in [0.5, 0.6) is 5.75 Å². The minimum Gasteiger partial charge on any atom is -0.491 e. The zero-order valence-corrected chi connectivity index (χ0v) is 14.3. The van der Waals surface area contributed by atoms with Gasteiger partial charge in [0.05, 0.1) is 6.61 Å². The predicted octanol–water partition coefficient (Wildman–Crippen LogP) is 2.93. The number of nitrogens with one attached hydrogen (secondary N) is 1. The number of hydrogen-bond donors (Lipinski definition) is 1. The standard InChI is InChI=1S/C20H19N5O/c1-2-11-25-18(6-1)23-24-20(25)16-8-7-15-4-3-5-17(19(15)22-16)26-13-14-9-10-21-12-14/h1-8,11,14,21H,9-10,12-13H2. The molecule has 5 rings (SSSR count). The van der Waals surface area contributed by atoms with E-state index < -0.39 is 0 Å². The van der Waals surface area contributed by atoms with Gasteiger partial charge in [-0.05, 0) is 37.2 Å². The molecule has 1 fully saturated rings. The average molecular weight is 345 g/mol. The van der Waals surface area contributed by atoms with Crippen molar-refractivity contribution in [3.63, 3.8) is 0 Å². The van der Waals surface area contributed by atoms with E-state index in [1.807, 2.05) is 47.0 Å². The molecule has 130 valence electrons. The number of fused-ring (bicyclic) bond motifs is 2. The van der Waals surface area contributed by atoms with Gasteiger partial charge in [0.2, 0.25) is 0 Å². The largest absolute Gasteiger partial charge is 0.491 e. The topological polar surface area (TPSA) is 64.3 Å². The van der Waals surface area contributed by atoms with Gasteiger partial charge in [0.25, 0.3) is 0 Å². The van der Waals surface area contributed by atoms with Gasteiger partial charge in [0.15, 0.2) is 11.5 Å². The second-order valence-corrected chi connectivity index (χ2v) is 6.65. The quantitative estimate of drug-likeness (QED) is 0.616. The Morgan fingerprint density at radius 1 is 1.08 bits per heavy atom. The van der Waals surface area contributed by atoms with Crippen LogP contribution in [0.4, 0.5) is 0 Å². The summed E-state index contributed by atoms with van der Waals surface area (Å²) in [5, 5.41) is 13.0. The molecule has 1 saturated heterocycles. The zero-order chi connectivity index (χ0) is 17.3. The number of hydrogen-bond acceptors (Lipinski definition) is 5. The monoisotopic (exact) mass is 345 g/mol. The molecule has 0 spiro atoms. The third-order valence-corrected chi connectivity index (χ3v) is 4.86. The van der Waals surface area contributed by atoms with Crippen molar-refractivity contribution in [2.24, 2.45) is 5.92 Å². The molecule has 1 aliphatic rings. The van der Waals surface area contributed by atoms with Crippen LogP contribution in [0.25, 0.3) is 28.1 Å². The van der Waals surface area contributed by atoms with Gasteiger partial charge in [-0.15, -0.1) is 10.2 Å². The van der Waals surface area contributed by atoms with E-state index in [2.05, 4.69) is 27.6 Å². The van der Waals surface area contributed by atoms with Crippen LogP contribution in [-0.2, 0) is 0 Å². The normalized spacial score (nSPS) is 17.2. The fourth-order valence-electron chi connectivity index (χ4n) is 3.44. The van der Waals surface area contributed by atoms with Gasteiger partial charge >= 0.3 is 0 Å². The summed E-state index contributed by atoms with van der Waals surface area (Å²) in [5.41, 5.74) is 2.46. The summed E-state index contributed by atoms with van der Waals surface area (Å²) < 4.78 is 8.06. The molecule has 1 N–H and O–H groups in total. The van der Waals surface area contributed by atoms with Crippen molar-refractivity contribution in [2.75, 3.05) is 19.7 Å². The molecule has 0 aliphatic carbocycles. The number of aromatic nitrogens is 4. The van der Waals surface area contributed by atoms with E-state index in [1.54, 1.807) is 0 Å². The summed E-state index contributed by atoms with van der Waals surface area (Å²) in [7, 11) is 0. The maximum absolute atomic E-state index is 6.12. The Morgan fingerprint density at radius 2 is 2.08 bits per heavy atom. The van der Waals surface area contributed by atoms with Crippen molar-refractivity contribution in [1.82, 2.24) is 24.9 Å². The second kappa shape index (κ2) is 6.38. The maximum Gasteiger partial charge on any atom is 0.187 e. The first-order valence-electron chi connectivity index (χ1n) is 8.92. The smallest absolute Gasteiger partial charge is 0.187 e. The number of benzene rings is 1. The summed E-state index contributed by atoms with van der Waals surface area (Å²) in [6, 6.07) is 15.9. The van der Waals surface area contributed by atoms with Crippen molar-refractivity contribution in [1.29, 1.82) is 0 Å². The first kappa shape index (κ1) is 15.3. The number of ether oxygens (including phenoxy) is 1. The fourth-order valence-corrected chi connectivity index (χ4v) is 3.44. The Hall–Kier alpha value is -2.99. The lowest BCUT2D eigenvalue weighted by Crippen LogP contribution is -2.15. The molecule has 6 nitrogen and oxygen atoms in total. The van der Waals surface area contributed by atoms with Gasteiger partial charge in [0.1, 0.15) is 17.0 Å². The van der Waals surface area contributed by atoms with E-state index in [9.17, 15) is 0 Å². The number of rotatable bonds is 4. The molecule has 1 aromatic carbocycles. The van der Waals surface area contributed by atoms with E-state index in [-0.39, 0.29) is 0 Å². The molecular weight excluding hydrogens is 326 g/mol. The van der Waals surface area contributed by atoms with Crippen LogP contribution in [0, 0.1) is 5.92 Å². The Morgan fingerprint density at radius 3 is 3.00 bits per heavy atom. The molecule has 6 heteroatoms. The highest BCUT2D eigenvalue weighted by molar-refractivity contribution is 5.86. The second-order valence-electron chi connectivity index (χ2n) is 6.65. The van der Waals surface area contributed by atoms with Crippen LogP contribution in [-0.4, -0.2) is 39.3 Å². The summed E-state index contributed by atoms with van der Waals surface area (Å²) in [4.78, 5) is 4.85. The zero-order valence-electron chi connectivity index (χ0n) is 14.3. The van der Waals surface area contributed by atoms with E-state index in [0.29, 0.717) is 12.5 Å². The van der Waals surface area contributed by atoms with Gasteiger partial charge < -0.3 is 10.1 Å². The number of nitrogens with zero attached hydrogens (tertiary/aromatic N) is 4. The SMILES string of the molecule is c1cc(OCC2CCNC2)c2nc(-c3nnc4ccccn34)ccc2c1. The highest BCUT2D eigenvalue weighted by Crippen LogP contribution is 2.27. The summed E-state index contributed by atoms with van der Waals surface area (Å²) in [5.74, 6) is 2.12. The summed E-state index contributed by atoms with van der Waals surface area (Å²) in [6.07, 6.45) is 3.11. The maximum atomic E-state index is 6.12. The molecule has 0 saturated carbocycles. The van der Waals surface area contributed by atoms with Crippen LogP contribution in [0.3, 0.4) is 0 Å². The molecular formula is C20H19N5O. The van der Waals surface area contributed by atoms with E-state index in [1.165, 1.54) is 0 Å². The molecule has 1 aliphatic heterocycles. The van der Waals surface area contributed by atoms with Crippen LogP contribution in [0.2, 0.25) is 0 Å². The van der Waals surface area contributed by atoms with Gasteiger partial charge in [-0.2, -0.15) is 0 Å². The minimum absolute atomic E-state index is 0.564. The molecule has 0 amide bonds. The Bertz CT molecular complexity index is 1070. The van der Waals surface area contributed by atoms with Crippen LogP contribution in [0.1, 0.15) is 6.42 Å². The summed E-state index contributed by atoms with van der Waals surface area (Å²) in [6.45, 7) is 2.81. The van der Waals surface area contributed by atoms with Gasteiger partial charge in [-0.3, -0.25) is 4.40 Å². The molecule has 26 heavy (non-hydrogen) atoms. The van der Waals surface area contributed by atoms with Crippen molar-refractivity contribution in [2.45, 2.75) is 6.42 Å². The van der Waals surface area contributed by atoms with E-state index in [4.69, 9.17) is 9.72 Å². The molecule has 0 bridgehead atoms. The molecule has 1 atom stereocenters. The first-order chi connectivity index (χ1) is 12.9. The first-order valence-corrected chi connectivity index (χ1v) is 8.92. The van der Waals surface area contributed by atoms with Gasteiger partial charge in [-0.1, -0.05) is 24.3 Å². The fraction of sp³-hybridized carbons (Fsp3) is 0.250. The lowest BCUT2D eigenvalue weighted by atomic mass is 10.1. The predicted molar refractivity (Wildman–Crippen MR) is 100 cm³/mol. The number of para-hydroxylation sites is 1. The minimum atomic E-state index is 0.564. The lowest BCUT2D eigenvalue weighted by Gasteiger charge is -2.13. The Labute approximate surface area is 150 Å². The van der Waals surface area contributed by atoms with Crippen molar-refractivity contribution < 1.29 is 4.74 Å². The van der Waals surface area contributed by atoms with Crippen molar-refractivity contribution in [3.8, 4) is 17.3 Å². The van der Waals surface area contributed by atoms with Crippen molar-refractivity contribution >= 4 is 16.6 Å². The van der Waals surface area contributed by atoms with Gasteiger partial charge in [0, 0.05) is 24.0 Å². The molecule has 0 radical (unpaired) electrons. The molecule has 4 aromatic rings. The van der Waals surface area contributed by atoms with E-state index in [0.717, 1.165) is 53.3 Å². The third-order valence-electron chi connectivity index (χ3n) is 4.86.